The Hall–Kier alpha value is -2.89. The first kappa shape index (κ1) is 18.2. The summed E-state index contributed by atoms with van der Waals surface area (Å²) in [7, 11) is 0. The summed E-state index contributed by atoms with van der Waals surface area (Å²) in [6, 6.07) is 10.2. The summed E-state index contributed by atoms with van der Waals surface area (Å²) in [6.07, 6.45) is 5.66. The second kappa shape index (κ2) is 6.87. The largest absolute Gasteiger partial charge is 0.361 e. The van der Waals surface area contributed by atoms with E-state index in [0.717, 1.165) is 49.6 Å². The predicted molar refractivity (Wildman–Crippen MR) is 114 cm³/mol. The molecule has 2 aromatic heterocycles. The molecule has 1 unspecified atom stereocenters. The molecule has 6 heteroatoms. The number of H-pyrrole nitrogens is 1. The third kappa shape index (κ3) is 3.07. The van der Waals surface area contributed by atoms with E-state index in [9.17, 15) is 4.79 Å². The first-order valence-corrected chi connectivity index (χ1v) is 10.5. The quantitative estimate of drug-likeness (QED) is 0.739. The van der Waals surface area contributed by atoms with Crippen molar-refractivity contribution < 1.29 is 4.79 Å². The highest BCUT2D eigenvalue weighted by Crippen LogP contribution is 2.42. The van der Waals surface area contributed by atoms with Gasteiger partial charge in [-0.05, 0) is 36.5 Å². The summed E-state index contributed by atoms with van der Waals surface area (Å²) in [5, 5.41) is 1.20. The Balaban J connectivity index is 1.33. The minimum Gasteiger partial charge on any atom is -0.361 e. The SMILES string of the molecule is CC(C)c1ccnc(N2CCC3(CCN(Cc4c[nH]c5ccccc45)C3=O)C2)n1. The number of likely N-dealkylation sites (tertiary alicyclic amines) is 1. The van der Waals surface area contributed by atoms with Gasteiger partial charge in [0.1, 0.15) is 0 Å². The van der Waals surface area contributed by atoms with E-state index in [-0.39, 0.29) is 11.3 Å². The van der Waals surface area contributed by atoms with Crippen LogP contribution in [0, 0.1) is 5.41 Å². The molecule has 0 saturated carbocycles. The molecule has 5 rings (SSSR count). The number of rotatable bonds is 4. The average Bonchev–Trinajstić information content (AvgIpc) is 3.43. The summed E-state index contributed by atoms with van der Waals surface area (Å²) in [5.74, 6) is 1.41. The lowest BCUT2D eigenvalue weighted by Crippen LogP contribution is -2.37. The minimum absolute atomic E-state index is 0.283. The molecule has 6 nitrogen and oxygen atoms in total. The van der Waals surface area contributed by atoms with Crippen molar-refractivity contribution in [1.82, 2.24) is 19.9 Å². The van der Waals surface area contributed by atoms with Crippen LogP contribution < -0.4 is 4.90 Å². The Bertz CT molecular complexity index is 1060. The van der Waals surface area contributed by atoms with Crippen LogP contribution in [0.25, 0.3) is 10.9 Å². The standard InChI is InChI=1S/C23H27N5O/c1-16(2)19-7-10-24-22(26-19)28-12-9-23(15-28)8-11-27(21(23)29)14-17-13-25-20-6-4-3-5-18(17)20/h3-7,10,13,16,25H,8-9,11-12,14-15H2,1-2H3. The number of benzene rings is 1. The Labute approximate surface area is 171 Å². The summed E-state index contributed by atoms with van der Waals surface area (Å²) in [6.45, 7) is 7.33. The lowest BCUT2D eigenvalue weighted by molar-refractivity contribution is -0.135. The van der Waals surface area contributed by atoms with Gasteiger partial charge in [-0.1, -0.05) is 32.0 Å². The van der Waals surface area contributed by atoms with Gasteiger partial charge in [0.05, 0.1) is 5.41 Å². The van der Waals surface area contributed by atoms with Crippen molar-refractivity contribution in [2.45, 2.75) is 39.2 Å². The highest BCUT2D eigenvalue weighted by molar-refractivity contribution is 5.88. The van der Waals surface area contributed by atoms with Gasteiger partial charge < -0.3 is 14.8 Å². The first-order chi connectivity index (χ1) is 14.1. The van der Waals surface area contributed by atoms with Crippen LogP contribution in [-0.4, -0.2) is 45.4 Å². The van der Waals surface area contributed by atoms with Crippen molar-refractivity contribution in [3.8, 4) is 0 Å². The normalized spacial score (nSPS) is 22.0. The number of nitrogens with zero attached hydrogens (tertiary/aromatic N) is 4. The summed E-state index contributed by atoms with van der Waals surface area (Å²) in [4.78, 5) is 30.2. The van der Waals surface area contributed by atoms with Crippen LogP contribution in [0.4, 0.5) is 5.95 Å². The molecule has 2 fully saturated rings. The lowest BCUT2D eigenvalue weighted by Gasteiger charge is -2.24. The van der Waals surface area contributed by atoms with Crippen LogP contribution in [0.3, 0.4) is 0 Å². The van der Waals surface area contributed by atoms with Crippen molar-refractivity contribution in [2.24, 2.45) is 5.41 Å². The number of fused-ring (bicyclic) bond motifs is 1. The highest BCUT2D eigenvalue weighted by Gasteiger charge is 2.51. The summed E-state index contributed by atoms with van der Waals surface area (Å²) >= 11 is 0. The molecule has 4 heterocycles. The number of carbonyl (C=O) groups is 1. The van der Waals surface area contributed by atoms with Crippen molar-refractivity contribution in [2.75, 3.05) is 24.5 Å². The van der Waals surface area contributed by atoms with E-state index < -0.39 is 0 Å². The first-order valence-electron chi connectivity index (χ1n) is 10.5. The Morgan fingerprint density at radius 2 is 2.00 bits per heavy atom. The maximum Gasteiger partial charge on any atom is 0.231 e. The van der Waals surface area contributed by atoms with Gasteiger partial charge in [-0.3, -0.25) is 4.79 Å². The molecular formula is C23H27N5O. The molecule has 29 heavy (non-hydrogen) atoms. The number of nitrogens with one attached hydrogen (secondary N) is 1. The maximum atomic E-state index is 13.4. The zero-order valence-electron chi connectivity index (χ0n) is 17.1. The monoisotopic (exact) mass is 389 g/mol. The topological polar surface area (TPSA) is 65.1 Å². The average molecular weight is 390 g/mol. The molecule has 0 bridgehead atoms. The molecule has 1 spiro atoms. The van der Waals surface area contributed by atoms with E-state index in [4.69, 9.17) is 4.98 Å². The van der Waals surface area contributed by atoms with E-state index >= 15 is 0 Å². The van der Waals surface area contributed by atoms with Gasteiger partial charge in [-0.15, -0.1) is 0 Å². The fourth-order valence-electron chi connectivity index (χ4n) is 4.77. The maximum absolute atomic E-state index is 13.4. The minimum atomic E-state index is -0.288. The number of anilines is 1. The van der Waals surface area contributed by atoms with Crippen molar-refractivity contribution >= 4 is 22.8 Å². The molecular weight excluding hydrogens is 362 g/mol. The molecule has 1 aromatic carbocycles. The number of para-hydroxylation sites is 1. The van der Waals surface area contributed by atoms with E-state index in [1.165, 1.54) is 10.9 Å². The van der Waals surface area contributed by atoms with E-state index in [1.807, 2.05) is 35.5 Å². The zero-order valence-corrected chi connectivity index (χ0v) is 17.1. The molecule has 0 radical (unpaired) electrons. The van der Waals surface area contributed by atoms with Gasteiger partial charge in [0.2, 0.25) is 11.9 Å². The van der Waals surface area contributed by atoms with Crippen LogP contribution in [0.15, 0.2) is 42.7 Å². The third-order valence-electron chi connectivity index (χ3n) is 6.53. The van der Waals surface area contributed by atoms with E-state index in [2.05, 4.69) is 40.8 Å². The lowest BCUT2D eigenvalue weighted by atomic mass is 9.85. The second-order valence-electron chi connectivity index (χ2n) is 8.72. The number of aromatic amines is 1. The molecule has 2 aliphatic rings. The number of amides is 1. The smallest absolute Gasteiger partial charge is 0.231 e. The highest BCUT2D eigenvalue weighted by atomic mass is 16.2. The molecule has 1 atom stereocenters. The van der Waals surface area contributed by atoms with E-state index in [1.54, 1.807) is 0 Å². The molecule has 150 valence electrons. The number of hydrogen-bond donors (Lipinski definition) is 1. The molecule has 2 aliphatic heterocycles. The van der Waals surface area contributed by atoms with Gasteiger partial charge in [-0.25, -0.2) is 9.97 Å². The fraction of sp³-hybridized carbons (Fsp3) is 0.435. The number of carbonyl (C=O) groups excluding carboxylic acids is 1. The van der Waals surface area contributed by atoms with Crippen molar-refractivity contribution in [3.05, 3.63) is 54.0 Å². The van der Waals surface area contributed by atoms with Crippen LogP contribution in [0.1, 0.15) is 43.9 Å². The summed E-state index contributed by atoms with van der Waals surface area (Å²) < 4.78 is 0. The van der Waals surface area contributed by atoms with E-state index in [0.29, 0.717) is 12.5 Å². The molecule has 1 amide bonds. The Morgan fingerprint density at radius 1 is 1.17 bits per heavy atom. The van der Waals surface area contributed by atoms with Gasteiger partial charge in [0, 0.05) is 55.2 Å². The predicted octanol–water partition coefficient (Wildman–Crippen LogP) is 3.71. The number of aromatic nitrogens is 3. The summed E-state index contributed by atoms with van der Waals surface area (Å²) in [5.41, 5.74) is 3.07. The van der Waals surface area contributed by atoms with Crippen LogP contribution in [-0.2, 0) is 11.3 Å². The number of hydrogen-bond acceptors (Lipinski definition) is 4. The van der Waals surface area contributed by atoms with Crippen LogP contribution in [0.5, 0.6) is 0 Å². The molecule has 3 aromatic rings. The molecule has 0 aliphatic carbocycles. The van der Waals surface area contributed by atoms with Gasteiger partial charge in [0.15, 0.2) is 0 Å². The van der Waals surface area contributed by atoms with Gasteiger partial charge in [0.25, 0.3) is 0 Å². The van der Waals surface area contributed by atoms with Crippen LogP contribution in [0.2, 0.25) is 0 Å². The Kier molecular flexibility index (Phi) is 4.30. The van der Waals surface area contributed by atoms with Crippen molar-refractivity contribution in [1.29, 1.82) is 0 Å². The van der Waals surface area contributed by atoms with Crippen molar-refractivity contribution in [3.63, 3.8) is 0 Å². The second-order valence-corrected chi connectivity index (χ2v) is 8.72. The van der Waals surface area contributed by atoms with Gasteiger partial charge in [-0.2, -0.15) is 0 Å². The van der Waals surface area contributed by atoms with Crippen LogP contribution >= 0.6 is 0 Å². The molecule has 2 saturated heterocycles. The molecule has 1 N–H and O–H groups in total. The zero-order chi connectivity index (χ0) is 20.0. The Morgan fingerprint density at radius 3 is 2.86 bits per heavy atom. The van der Waals surface area contributed by atoms with Gasteiger partial charge >= 0.3 is 0 Å². The fourth-order valence-corrected chi connectivity index (χ4v) is 4.77. The third-order valence-corrected chi connectivity index (χ3v) is 6.53.